The molecule has 1 atom stereocenters. The van der Waals surface area contributed by atoms with Gasteiger partial charge in [-0.1, -0.05) is 29.3 Å². The molecule has 0 saturated carbocycles. The van der Waals surface area contributed by atoms with Crippen LogP contribution in [0.3, 0.4) is 0 Å². The average molecular weight is 349 g/mol. The molecule has 2 aromatic rings. The summed E-state index contributed by atoms with van der Waals surface area (Å²) >= 11 is 15.5. The fraction of sp³-hybridized carbons (Fsp3) is 0.250. The first kappa shape index (κ1) is 13.9. The molecule has 0 saturated heterocycles. The van der Waals surface area contributed by atoms with Crippen molar-refractivity contribution in [1.82, 2.24) is 15.1 Å². The fourth-order valence-electron chi connectivity index (χ4n) is 1.90. The molecule has 1 aromatic carbocycles. The Labute approximate surface area is 124 Å². The van der Waals surface area contributed by atoms with Crippen molar-refractivity contribution in [3.63, 3.8) is 0 Å². The Morgan fingerprint density at radius 2 is 2.06 bits per heavy atom. The van der Waals surface area contributed by atoms with Crippen LogP contribution < -0.4 is 5.32 Å². The summed E-state index contributed by atoms with van der Waals surface area (Å²) in [4.78, 5) is 0. The van der Waals surface area contributed by atoms with Crippen molar-refractivity contribution in [3.05, 3.63) is 50.2 Å². The number of aromatic nitrogens is 2. The second-order valence-corrected chi connectivity index (χ2v) is 5.57. The molecule has 18 heavy (non-hydrogen) atoms. The highest BCUT2D eigenvalue weighted by atomic mass is 79.9. The van der Waals surface area contributed by atoms with Gasteiger partial charge in [-0.15, -0.1) is 0 Å². The predicted octanol–water partition coefficient (Wildman–Crippen LogP) is 3.80. The van der Waals surface area contributed by atoms with Gasteiger partial charge in [-0.3, -0.25) is 4.68 Å². The molecule has 0 aliphatic rings. The molecular weight excluding hydrogens is 337 g/mol. The van der Waals surface area contributed by atoms with E-state index in [0.29, 0.717) is 10.0 Å². The van der Waals surface area contributed by atoms with Gasteiger partial charge in [0.25, 0.3) is 0 Å². The van der Waals surface area contributed by atoms with Crippen molar-refractivity contribution in [1.29, 1.82) is 0 Å². The molecule has 0 fully saturated rings. The molecule has 0 aliphatic heterocycles. The number of hydrogen-bond acceptors (Lipinski definition) is 2. The van der Waals surface area contributed by atoms with Gasteiger partial charge in [0.05, 0.1) is 32.5 Å². The number of rotatable bonds is 3. The molecule has 0 spiro atoms. The lowest BCUT2D eigenvalue weighted by Gasteiger charge is -2.18. The first-order valence-corrected chi connectivity index (χ1v) is 6.89. The summed E-state index contributed by atoms with van der Waals surface area (Å²) in [5.74, 6) is 0. The van der Waals surface area contributed by atoms with E-state index in [9.17, 15) is 0 Å². The third kappa shape index (κ3) is 2.57. The zero-order chi connectivity index (χ0) is 13.3. The number of nitrogens with zero attached hydrogens (tertiary/aromatic N) is 2. The Kier molecular flexibility index (Phi) is 4.33. The summed E-state index contributed by atoms with van der Waals surface area (Å²) in [6.07, 6.45) is 1.77. The molecule has 96 valence electrons. The zero-order valence-corrected chi connectivity index (χ0v) is 13.0. The van der Waals surface area contributed by atoms with Crippen LogP contribution in [-0.4, -0.2) is 16.8 Å². The SMILES string of the molecule is CNC(c1ccc(Cl)c(Cl)c1)c1c(Br)cnn1C. The molecule has 2 rings (SSSR count). The number of aryl methyl sites for hydroxylation is 1. The van der Waals surface area contributed by atoms with Crippen molar-refractivity contribution in [2.75, 3.05) is 7.05 Å². The summed E-state index contributed by atoms with van der Waals surface area (Å²) in [5, 5.41) is 8.58. The topological polar surface area (TPSA) is 29.9 Å². The summed E-state index contributed by atoms with van der Waals surface area (Å²) in [5.41, 5.74) is 2.08. The molecule has 1 unspecified atom stereocenters. The Hall–Kier alpha value is -0.550. The van der Waals surface area contributed by atoms with E-state index < -0.39 is 0 Å². The van der Waals surface area contributed by atoms with Crippen molar-refractivity contribution in [3.8, 4) is 0 Å². The first-order valence-electron chi connectivity index (χ1n) is 5.34. The van der Waals surface area contributed by atoms with E-state index in [1.807, 2.05) is 30.9 Å². The maximum atomic E-state index is 6.06. The normalized spacial score (nSPS) is 12.7. The van der Waals surface area contributed by atoms with Crippen LogP contribution >= 0.6 is 39.1 Å². The molecule has 0 radical (unpaired) electrons. The molecule has 1 N–H and O–H groups in total. The van der Waals surface area contributed by atoms with Gasteiger partial charge in [0.1, 0.15) is 0 Å². The van der Waals surface area contributed by atoms with Crippen molar-refractivity contribution >= 4 is 39.1 Å². The van der Waals surface area contributed by atoms with Gasteiger partial charge in [-0.25, -0.2) is 0 Å². The Bertz CT molecular complexity index is 549. The summed E-state index contributed by atoms with van der Waals surface area (Å²) in [6, 6.07) is 5.62. The van der Waals surface area contributed by atoms with E-state index in [4.69, 9.17) is 23.2 Å². The van der Waals surface area contributed by atoms with Crippen molar-refractivity contribution < 1.29 is 0 Å². The quantitative estimate of drug-likeness (QED) is 0.914. The van der Waals surface area contributed by atoms with Crippen LogP contribution in [0.2, 0.25) is 10.0 Å². The molecule has 6 heteroatoms. The van der Waals surface area contributed by atoms with Crippen LogP contribution in [-0.2, 0) is 7.05 Å². The lowest BCUT2D eigenvalue weighted by molar-refractivity contribution is 0.604. The summed E-state index contributed by atoms with van der Waals surface area (Å²) in [7, 11) is 3.80. The van der Waals surface area contributed by atoms with Crippen LogP contribution in [0.15, 0.2) is 28.9 Å². The maximum absolute atomic E-state index is 6.06. The van der Waals surface area contributed by atoms with Gasteiger partial charge < -0.3 is 5.32 Å². The Morgan fingerprint density at radius 1 is 1.33 bits per heavy atom. The van der Waals surface area contributed by atoms with Crippen LogP contribution in [0.5, 0.6) is 0 Å². The second-order valence-electron chi connectivity index (χ2n) is 3.90. The van der Waals surface area contributed by atoms with E-state index in [1.165, 1.54) is 0 Å². The van der Waals surface area contributed by atoms with Gasteiger partial charge in [0, 0.05) is 7.05 Å². The molecule has 1 aromatic heterocycles. The highest BCUT2D eigenvalue weighted by Crippen LogP contribution is 2.31. The third-order valence-electron chi connectivity index (χ3n) is 2.78. The number of nitrogens with one attached hydrogen (secondary N) is 1. The van der Waals surface area contributed by atoms with Gasteiger partial charge in [-0.05, 0) is 40.7 Å². The predicted molar refractivity (Wildman–Crippen MR) is 78.3 cm³/mol. The largest absolute Gasteiger partial charge is 0.308 e. The number of hydrogen-bond donors (Lipinski definition) is 1. The molecule has 0 aliphatic carbocycles. The minimum Gasteiger partial charge on any atom is -0.308 e. The van der Waals surface area contributed by atoms with Crippen molar-refractivity contribution in [2.45, 2.75) is 6.04 Å². The van der Waals surface area contributed by atoms with Crippen LogP contribution in [0, 0.1) is 0 Å². The smallest absolute Gasteiger partial charge is 0.0757 e. The van der Waals surface area contributed by atoms with Crippen LogP contribution in [0.1, 0.15) is 17.3 Å². The highest BCUT2D eigenvalue weighted by Gasteiger charge is 2.19. The molecule has 0 bridgehead atoms. The molecule has 1 heterocycles. The van der Waals surface area contributed by atoms with Gasteiger partial charge in [0.15, 0.2) is 0 Å². The van der Waals surface area contributed by atoms with Gasteiger partial charge >= 0.3 is 0 Å². The van der Waals surface area contributed by atoms with Crippen LogP contribution in [0.25, 0.3) is 0 Å². The summed E-state index contributed by atoms with van der Waals surface area (Å²) < 4.78 is 2.78. The summed E-state index contributed by atoms with van der Waals surface area (Å²) in [6.45, 7) is 0. The Balaban J connectivity index is 2.48. The zero-order valence-electron chi connectivity index (χ0n) is 9.92. The van der Waals surface area contributed by atoms with E-state index in [0.717, 1.165) is 15.7 Å². The fourth-order valence-corrected chi connectivity index (χ4v) is 2.78. The Morgan fingerprint density at radius 3 is 2.56 bits per heavy atom. The van der Waals surface area contributed by atoms with E-state index in [-0.39, 0.29) is 6.04 Å². The standard InChI is InChI=1S/C12H12BrCl2N3/c1-16-11(12-8(13)6-17-18(12)2)7-3-4-9(14)10(15)5-7/h3-6,11,16H,1-2H3. The van der Waals surface area contributed by atoms with E-state index >= 15 is 0 Å². The van der Waals surface area contributed by atoms with E-state index in [1.54, 1.807) is 12.3 Å². The first-order chi connectivity index (χ1) is 8.54. The van der Waals surface area contributed by atoms with Gasteiger partial charge in [0.2, 0.25) is 0 Å². The minimum atomic E-state index is 0.00152. The molecule has 3 nitrogen and oxygen atoms in total. The second kappa shape index (κ2) is 5.61. The lowest BCUT2D eigenvalue weighted by atomic mass is 10.0. The average Bonchev–Trinajstić information content (AvgIpc) is 2.66. The lowest BCUT2D eigenvalue weighted by Crippen LogP contribution is -2.21. The number of halogens is 3. The van der Waals surface area contributed by atoms with Crippen LogP contribution in [0.4, 0.5) is 0 Å². The highest BCUT2D eigenvalue weighted by molar-refractivity contribution is 9.10. The number of benzene rings is 1. The third-order valence-corrected chi connectivity index (χ3v) is 4.13. The van der Waals surface area contributed by atoms with E-state index in [2.05, 4.69) is 26.3 Å². The molecular formula is C12H12BrCl2N3. The van der Waals surface area contributed by atoms with Crippen molar-refractivity contribution in [2.24, 2.45) is 7.05 Å². The van der Waals surface area contributed by atoms with Gasteiger partial charge in [-0.2, -0.15) is 5.10 Å². The molecule has 0 amide bonds. The maximum Gasteiger partial charge on any atom is 0.0757 e. The monoisotopic (exact) mass is 347 g/mol. The minimum absolute atomic E-state index is 0.00152.